The number of nitrogens with one attached hydrogen (secondary N) is 1. The molecule has 1 fully saturated rings. The molecule has 0 radical (unpaired) electrons. The van der Waals surface area contributed by atoms with Crippen molar-refractivity contribution in [1.29, 1.82) is 5.26 Å². The van der Waals surface area contributed by atoms with E-state index in [0.717, 1.165) is 11.4 Å². The zero-order valence-corrected chi connectivity index (χ0v) is 16.6. The molecule has 3 rings (SSSR count). The summed E-state index contributed by atoms with van der Waals surface area (Å²) in [5, 5.41) is 16.7. The number of sulfonamides is 1. The molecule has 8 nitrogen and oxygen atoms in total. The smallest absolute Gasteiger partial charge is 0.211 e. The van der Waals surface area contributed by atoms with Gasteiger partial charge in [-0.25, -0.2) is 8.42 Å². The van der Waals surface area contributed by atoms with Gasteiger partial charge in [0.05, 0.1) is 23.6 Å². The molecule has 0 amide bonds. The predicted molar refractivity (Wildman–Crippen MR) is 101 cm³/mol. The summed E-state index contributed by atoms with van der Waals surface area (Å²) in [6.45, 7) is 4.53. The van der Waals surface area contributed by atoms with Gasteiger partial charge in [-0.3, -0.25) is 10.00 Å². The highest BCUT2D eigenvalue weighted by atomic mass is 35.5. The van der Waals surface area contributed by atoms with Crippen LogP contribution < -0.4 is 4.74 Å². The van der Waals surface area contributed by atoms with E-state index in [1.165, 1.54) is 10.6 Å². The first-order valence-electron chi connectivity index (χ1n) is 8.36. The van der Waals surface area contributed by atoms with Crippen LogP contribution in [0.15, 0.2) is 18.2 Å². The molecule has 2 aromatic rings. The molecule has 1 N–H and O–H groups in total. The van der Waals surface area contributed by atoms with Crippen LogP contribution in [0.25, 0.3) is 0 Å². The number of nitrogens with zero attached hydrogens (tertiary/aromatic N) is 4. The van der Waals surface area contributed by atoms with Crippen molar-refractivity contribution in [2.45, 2.75) is 13.5 Å². The molecule has 0 bridgehead atoms. The summed E-state index contributed by atoms with van der Waals surface area (Å²) < 4.78 is 30.7. The Morgan fingerprint density at radius 2 is 2.00 bits per heavy atom. The van der Waals surface area contributed by atoms with Crippen molar-refractivity contribution < 1.29 is 13.2 Å². The normalized spacial score (nSPS) is 16.2. The summed E-state index contributed by atoms with van der Waals surface area (Å²) in [5.74, 6) is 1.05. The van der Waals surface area contributed by atoms with E-state index in [4.69, 9.17) is 21.6 Å². The van der Waals surface area contributed by atoms with Crippen LogP contribution in [0.1, 0.15) is 17.0 Å². The van der Waals surface area contributed by atoms with E-state index >= 15 is 0 Å². The van der Waals surface area contributed by atoms with Crippen LogP contribution >= 0.6 is 11.6 Å². The Bertz CT molecular complexity index is 975. The monoisotopic (exact) mass is 409 g/mol. The Hall–Kier alpha value is -2.12. The van der Waals surface area contributed by atoms with Crippen LogP contribution in [0.5, 0.6) is 11.5 Å². The molecule has 0 unspecified atom stereocenters. The van der Waals surface area contributed by atoms with E-state index < -0.39 is 10.0 Å². The molecule has 27 heavy (non-hydrogen) atoms. The van der Waals surface area contributed by atoms with Crippen LogP contribution in [0.3, 0.4) is 0 Å². The maximum atomic E-state index is 11.6. The number of piperazine rings is 1. The number of hydrogen-bond acceptors (Lipinski definition) is 6. The average Bonchev–Trinajstić information content (AvgIpc) is 2.94. The lowest BCUT2D eigenvalue weighted by molar-refractivity contribution is 0.179. The van der Waals surface area contributed by atoms with Gasteiger partial charge in [-0.15, -0.1) is 0 Å². The zero-order chi connectivity index (χ0) is 19.6. The quantitative estimate of drug-likeness (QED) is 0.811. The first kappa shape index (κ1) is 19.6. The number of rotatable bonds is 5. The fourth-order valence-corrected chi connectivity index (χ4v) is 4.00. The van der Waals surface area contributed by atoms with E-state index in [-0.39, 0.29) is 0 Å². The van der Waals surface area contributed by atoms with Crippen molar-refractivity contribution in [2.75, 3.05) is 32.4 Å². The SMILES string of the molecule is Cc1[nH]nc(CN2CCN(S(C)(=O)=O)CC2)c1Oc1cc(Cl)cc(C#N)c1. The number of aryl methyl sites for hydroxylation is 1. The second-order valence-corrected chi connectivity index (χ2v) is 8.87. The first-order chi connectivity index (χ1) is 12.8. The summed E-state index contributed by atoms with van der Waals surface area (Å²) in [6.07, 6.45) is 1.23. The molecule has 0 saturated carbocycles. The number of aromatic amines is 1. The third kappa shape index (κ3) is 4.78. The van der Waals surface area contributed by atoms with E-state index in [9.17, 15) is 8.42 Å². The molecule has 0 spiro atoms. The second kappa shape index (κ2) is 7.86. The van der Waals surface area contributed by atoms with Crippen LogP contribution in [0.4, 0.5) is 0 Å². The second-order valence-electron chi connectivity index (χ2n) is 6.45. The van der Waals surface area contributed by atoms with Crippen molar-refractivity contribution in [2.24, 2.45) is 0 Å². The minimum absolute atomic E-state index is 0.414. The zero-order valence-electron chi connectivity index (χ0n) is 15.1. The Morgan fingerprint density at radius 3 is 2.63 bits per heavy atom. The topological polar surface area (TPSA) is 102 Å². The Labute approximate surface area is 163 Å². The van der Waals surface area contributed by atoms with Crippen molar-refractivity contribution in [3.63, 3.8) is 0 Å². The summed E-state index contributed by atoms with van der Waals surface area (Å²) >= 11 is 6.04. The molecule has 1 aliphatic heterocycles. The van der Waals surface area contributed by atoms with Crippen LogP contribution in [0, 0.1) is 18.3 Å². The molecular formula is C17H20ClN5O3S. The van der Waals surface area contributed by atoms with Crippen molar-refractivity contribution in [3.8, 4) is 17.6 Å². The molecule has 1 saturated heterocycles. The predicted octanol–water partition coefficient (Wildman–Crippen LogP) is 2.11. The summed E-state index contributed by atoms with van der Waals surface area (Å²) in [5.41, 5.74) is 1.90. The van der Waals surface area contributed by atoms with Gasteiger partial charge < -0.3 is 4.74 Å². The lowest BCUT2D eigenvalue weighted by Gasteiger charge is -2.32. The molecule has 1 aromatic carbocycles. The first-order valence-corrected chi connectivity index (χ1v) is 10.6. The van der Waals surface area contributed by atoms with E-state index in [0.29, 0.717) is 54.8 Å². The molecule has 0 aliphatic carbocycles. The van der Waals surface area contributed by atoms with Gasteiger partial charge in [-0.05, 0) is 25.1 Å². The molecule has 2 heterocycles. The highest BCUT2D eigenvalue weighted by Gasteiger charge is 2.25. The molecule has 1 aliphatic rings. The third-order valence-electron chi connectivity index (χ3n) is 4.36. The maximum absolute atomic E-state index is 11.6. The van der Waals surface area contributed by atoms with Gasteiger partial charge in [0.15, 0.2) is 5.75 Å². The number of nitriles is 1. The molecule has 10 heteroatoms. The summed E-state index contributed by atoms with van der Waals surface area (Å²) in [4.78, 5) is 2.13. The molecule has 1 aromatic heterocycles. The highest BCUT2D eigenvalue weighted by Crippen LogP contribution is 2.30. The lowest BCUT2D eigenvalue weighted by atomic mass is 10.2. The Kier molecular flexibility index (Phi) is 5.72. The summed E-state index contributed by atoms with van der Waals surface area (Å²) in [6, 6.07) is 6.88. The summed E-state index contributed by atoms with van der Waals surface area (Å²) in [7, 11) is -3.16. The van der Waals surface area contributed by atoms with E-state index in [2.05, 4.69) is 15.1 Å². The number of benzene rings is 1. The van der Waals surface area contributed by atoms with Crippen LogP contribution in [-0.2, 0) is 16.6 Å². The van der Waals surface area contributed by atoms with E-state index in [1.54, 1.807) is 18.2 Å². The van der Waals surface area contributed by atoms with Gasteiger partial charge in [0, 0.05) is 37.7 Å². The van der Waals surface area contributed by atoms with Crippen molar-refractivity contribution in [1.82, 2.24) is 19.4 Å². The third-order valence-corrected chi connectivity index (χ3v) is 5.88. The van der Waals surface area contributed by atoms with Crippen LogP contribution in [-0.4, -0.2) is 60.3 Å². The van der Waals surface area contributed by atoms with Gasteiger partial charge >= 0.3 is 0 Å². The van der Waals surface area contributed by atoms with Crippen LogP contribution in [0.2, 0.25) is 5.02 Å². The van der Waals surface area contributed by atoms with Crippen molar-refractivity contribution in [3.05, 3.63) is 40.2 Å². The Morgan fingerprint density at radius 1 is 1.30 bits per heavy atom. The minimum Gasteiger partial charge on any atom is -0.453 e. The highest BCUT2D eigenvalue weighted by molar-refractivity contribution is 7.88. The molecule has 144 valence electrons. The van der Waals surface area contributed by atoms with Gasteiger partial charge in [0.2, 0.25) is 10.0 Å². The van der Waals surface area contributed by atoms with Gasteiger partial charge in [0.25, 0.3) is 0 Å². The fourth-order valence-electron chi connectivity index (χ4n) is 2.95. The van der Waals surface area contributed by atoms with Crippen molar-refractivity contribution >= 4 is 21.6 Å². The molecular weight excluding hydrogens is 390 g/mol. The average molecular weight is 410 g/mol. The van der Waals surface area contributed by atoms with Gasteiger partial charge in [0.1, 0.15) is 11.4 Å². The number of aromatic nitrogens is 2. The number of hydrogen-bond donors (Lipinski definition) is 1. The fraction of sp³-hybridized carbons (Fsp3) is 0.412. The maximum Gasteiger partial charge on any atom is 0.211 e. The largest absolute Gasteiger partial charge is 0.453 e. The Balaban J connectivity index is 1.73. The molecule has 0 atom stereocenters. The number of halogens is 1. The lowest BCUT2D eigenvalue weighted by Crippen LogP contribution is -2.47. The van der Waals surface area contributed by atoms with Gasteiger partial charge in [-0.2, -0.15) is 14.7 Å². The van der Waals surface area contributed by atoms with E-state index in [1.807, 2.05) is 13.0 Å². The standard InChI is InChI=1S/C17H20ClN5O3S/c1-12-17(26-15-8-13(10-19)7-14(18)9-15)16(21-20-12)11-22-3-5-23(6-4-22)27(2,24)25/h7-9H,3-6,11H2,1-2H3,(H,20,21). The minimum atomic E-state index is -3.16. The number of ether oxygens (including phenoxy) is 1. The van der Waals surface area contributed by atoms with Gasteiger partial charge in [-0.1, -0.05) is 11.6 Å². The number of H-pyrrole nitrogens is 1.